The number of fused-ring (bicyclic) bond motifs is 1. The largest absolute Gasteiger partial charge is 0.473 e. The van der Waals surface area contributed by atoms with Crippen LogP contribution in [0.3, 0.4) is 0 Å². The minimum atomic E-state index is -0.215. The Labute approximate surface area is 179 Å². The van der Waals surface area contributed by atoms with E-state index in [0.29, 0.717) is 23.1 Å². The maximum atomic E-state index is 13.0. The SMILES string of the molecule is C=N/C(C1=CC=CCC1)=C(/NC(=O)c1cc2ccccc2s1)OCc1ccccc1. The van der Waals surface area contributed by atoms with Gasteiger partial charge in [-0.25, -0.2) is 0 Å². The predicted molar refractivity (Wildman–Crippen MR) is 124 cm³/mol. The van der Waals surface area contributed by atoms with Crippen molar-refractivity contribution in [2.75, 3.05) is 0 Å². The molecule has 0 fully saturated rings. The van der Waals surface area contributed by atoms with E-state index in [9.17, 15) is 4.79 Å². The van der Waals surface area contributed by atoms with Crippen LogP contribution in [-0.4, -0.2) is 12.6 Å². The van der Waals surface area contributed by atoms with Crippen molar-refractivity contribution in [2.45, 2.75) is 19.4 Å². The minimum absolute atomic E-state index is 0.215. The Kier molecular flexibility index (Phi) is 6.20. The van der Waals surface area contributed by atoms with E-state index in [4.69, 9.17) is 4.74 Å². The topological polar surface area (TPSA) is 50.7 Å². The van der Waals surface area contributed by atoms with E-state index in [1.807, 2.05) is 72.8 Å². The number of carbonyl (C=O) groups is 1. The van der Waals surface area contributed by atoms with Crippen molar-refractivity contribution in [3.63, 3.8) is 0 Å². The number of allylic oxidation sites excluding steroid dienone is 4. The van der Waals surface area contributed by atoms with Gasteiger partial charge in [0.2, 0.25) is 5.88 Å². The van der Waals surface area contributed by atoms with Gasteiger partial charge in [0.15, 0.2) is 0 Å². The number of hydrogen-bond acceptors (Lipinski definition) is 4. The van der Waals surface area contributed by atoms with Gasteiger partial charge < -0.3 is 4.74 Å². The van der Waals surface area contributed by atoms with Crippen molar-refractivity contribution < 1.29 is 9.53 Å². The summed E-state index contributed by atoms with van der Waals surface area (Å²) in [6.45, 7) is 4.05. The molecule has 150 valence electrons. The Balaban J connectivity index is 1.64. The van der Waals surface area contributed by atoms with Gasteiger partial charge in [0.1, 0.15) is 12.3 Å². The summed E-state index contributed by atoms with van der Waals surface area (Å²) in [5.41, 5.74) is 2.57. The molecular formula is C25H22N2O2S. The fraction of sp³-hybridized carbons (Fsp3) is 0.120. The third-order valence-electron chi connectivity index (χ3n) is 4.79. The Morgan fingerprint density at radius 2 is 1.93 bits per heavy atom. The normalized spacial score (nSPS) is 14.1. The van der Waals surface area contributed by atoms with Gasteiger partial charge in [0, 0.05) is 4.70 Å². The van der Waals surface area contributed by atoms with Crippen LogP contribution in [0.25, 0.3) is 10.1 Å². The summed E-state index contributed by atoms with van der Waals surface area (Å²) in [6.07, 6.45) is 7.82. The first kappa shape index (κ1) is 19.9. The average Bonchev–Trinajstić information content (AvgIpc) is 3.24. The second-order valence-electron chi connectivity index (χ2n) is 6.87. The maximum Gasteiger partial charge on any atom is 0.268 e. The molecule has 4 nitrogen and oxygen atoms in total. The molecule has 1 heterocycles. The van der Waals surface area contributed by atoms with E-state index in [0.717, 1.165) is 34.1 Å². The second kappa shape index (κ2) is 9.37. The van der Waals surface area contributed by atoms with Gasteiger partial charge in [-0.15, -0.1) is 11.3 Å². The molecule has 0 radical (unpaired) electrons. The number of nitrogens with zero attached hydrogens (tertiary/aromatic N) is 1. The number of benzene rings is 2. The molecular weight excluding hydrogens is 392 g/mol. The van der Waals surface area contributed by atoms with Gasteiger partial charge in [-0.1, -0.05) is 66.8 Å². The van der Waals surface area contributed by atoms with Gasteiger partial charge in [-0.3, -0.25) is 15.1 Å². The zero-order valence-electron chi connectivity index (χ0n) is 16.5. The van der Waals surface area contributed by atoms with Crippen LogP contribution in [0.4, 0.5) is 0 Å². The summed E-state index contributed by atoms with van der Waals surface area (Å²) >= 11 is 1.45. The molecule has 0 atom stereocenters. The highest BCUT2D eigenvalue weighted by Crippen LogP contribution is 2.27. The molecule has 0 aliphatic heterocycles. The second-order valence-corrected chi connectivity index (χ2v) is 7.96. The highest BCUT2D eigenvalue weighted by Gasteiger charge is 2.18. The predicted octanol–water partition coefficient (Wildman–Crippen LogP) is 5.99. The van der Waals surface area contributed by atoms with Gasteiger partial charge in [0.05, 0.1) is 4.88 Å². The molecule has 0 unspecified atom stereocenters. The number of nitrogens with one attached hydrogen (secondary N) is 1. The molecule has 2 aromatic carbocycles. The molecule has 1 N–H and O–H groups in total. The number of carbonyl (C=O) groups excluding carboxylic acids is 1. The van der Waals surface area contributed by atoms with E-state index in [1.165, 1.54) is 11.3 Å². The molecule has 0 saturated carbocycles. The molecule has 1 amide bonds. The maximum absolute atomic E-state index is 13.0. The van der Waals surface area contributed by atoms with E-state index in [2.05, 4.69) is 23.1 Å². The standard InChI is InChI=1S/C25H22N2O2S/c1-26-23(19-12-6-3-7-13-19)25(29-17-18-10-4-2-5-11-18)27-24(28)22-16-20-14-8-9-15-21(20)30-22/h2-6,8-12,14-16H,1,7,13,17H2,(H,27,28)/b25-23-. The smallest absolute Gasteiger partial charge is 0.268 e. The molecule has 4 rings (SSSR count). The first-order chi connectivity index (χ1) is 14.7. The van der Waals surface area contributed by atoms with Crippen LogP contribution >= 0.6 is 11.3 Å². The fourth-order valence-corrected chi connectivity index (χ4v) is 4.23. The Morgan fingerprint density at radius 3 is 2.67 bits per heavy atom. The summed E-state index contributed by atoms with van der Waals surface area (Å²) in [4.78, 5) is 17.9. The Bertz CT molecular complexity index is 1120. The lowest BCUT2D eigenvalue weighted by molar-refractivity contribution is 0.0911. The van der Waals surface area contributed by atoms with E-state index < -0.39 is 0 Å². The van der Waals surface area contributed by atoms with E-state index in [1.54, 1.807) is 0 Å². The van der Waals surface area contributed by atoms with Crippen molar-refractivity contribution in [1.82, 2.24) is 5.32 Å². The number of amides is 1. The third kappa shape index (κ3) is 4.58. The monoisotopic (exact) mass is 414 g/mol. The summed E-state index contributed by atoms with van der Waals surface area (Å²) in [6, 6.07) is 19.7. The lowest BCUT2D eigenvalue weighted by Crippen LogP contribution is -2.25. The molecule has 3 aromatic rings. The zero-order chi connectivity index (χ0) is 20.8. The molecule has 1 aromatic heterocycles. The summed E-state index contributed by atoms with van der Waals surface area (Å²) in [5, 5.41) is 3.99. The van der Waals surface area contributed by atoms with E-state index in [-0.39, 0.29) is 5.91 Å². The van der Waals surface area contributed by atoms with Gasteiger partial charge in [-0.05, 0) is 48.2 Å². The molecule has 0 bridgehead atoms. The van der Waals surface area contributed by atoms with Crippen LogP contribution < -0.4 is 5.32 Å². The van der Waals surface area contributed by atoms with Crippen LogP contribution in [0.5, 0.6) is 0 Å². The Morgan fingerprint density at radius 1 is 1.13 bits per heavy atom. The third-order valence-corrected chi connectivity index (χ3v) is 5.91. The molecule has 0 saturated heterocycles. The highest BCUT2D eigenvalue weighted by atomic mass is 32.1. The number of ether oxygens (including phenoxy) is 1. The summed E-state index contributed by atoms with van der Waals surface area (Å²) in [5.74, 6) is 0.116. The molecule has 1 aliphatic rings. The van der Waals surface area contributed by atoms with Crippen molar-refractivity contribution >= 4 is 34.0 Å². The minimum Gasteiger partial charge on any atom is -0.473 e. The first-order valence-electron chi connectivity index (χ1n) is 9.78. The van der Waals surface area contributed by atoms with Gasteiger partial charge >= 0.3 is 0 Å². The summed E-state index contributed by atoms with van der Waals surface area (Å²) < 4.78 is 7.12. The molecule has 1 aliphatic carbocycles. The summed E-state index contributed by atoms with van der Waals surface area (Å²) in [7, 11) is 0. The number of hydrogen-bond donors (Lipinski definition) is 1. The first-order valence-corrected chi connectivity index (χ1v) is 10.6. The number of thiophene rings is 1. The van der Waals surface area contributed by atoms with Crippen molar-refractivity contribution in [3.8, 4) is 0 Å². The van der Waals surface area contributed by atoms with Crippen LogP contribution in [0, 0.1) is 0 Å². The van der Waals surface area contributed by atoms with Gasteiger partial charge in [0.25, 0.3) is 5.91 Å². The van der Waals surface area contributed by atoms with Crippen LogP contribution in [-0.2, 0) is 11.3 Å². The van der Waals surface area contributed by atoms with Crippen molar-refractivity contribution in [3.05, 3.63) is 106 Å². The number of rotatable bonds is 7. The Hall–Kier alpha value is -3.44. The van der Waals surface area contributed by atoms with E-state index >= 15 is 0 Å². The number of aliphatic imine (C=N–C) groups is 1. The fourth-order valence-electron chi connectivity index (χ4n) is 3.27. The molecule has 30 heavy (non-hydrogen) atoms. The lowest BCUT2D eigenvalue weighted by Gasteiger charge is -2.17. The van der Waals surface area contributed by atoms with Crippen LogP contribution in [0.15, 0.2) is 101 Å². The van der Waals surface area contributed by atoms with Crippen molar-refractivity contribution in [2.24, 2.45) is 4.99 Å². The zero-order valence-corrected chi connectivity index (χ0v) is 17.3. The van der Waals surface area contributed by atoms with Gasteiger partial charge in [-0.2, -0.15) is 0 Å². The lowest BCUT2D eigenvalue weighted by atomic mass is 10.0. The van der Waals surface area contributed by atoms with Crippen LogP contribution in [0.1, 0.15) is 28.1 Å². The van der Waals surface area contributed by atoms with Crippen LogP contribution in [0.2, 0.25) is 0 Å². The quantitative estimate of drug-likeness (QED) is 0.381. The highest BCUT2D eigenvalue weighted by molar-refractivity contribution is 7.20. The van der Waals surface area contributed by atoms with Crippen molar-refractivity contribution in [1.29, 1.82) is 0 Å². The molecule has 5 heteroatoms. The average molecular weight is 415 g/mol. The molecule has 0 spiro atoms.